The Morgan fingerprint density at radius 3 is 1.18 bits per heavy atom. The number of carbonyl (C=O) groups excluding carboxylic acids is 1. The van der Waals surface area contributed by atoms with E-state index in [1.807, 2.05) is 0 Å². The van der Waals surface area contributed by atoms with E-state index in [4.69, 9.17) is 5.11 Å². The maximum atomic E-state index is 12.0. The number of aliphatic carboxylic acids is 1. The van der Waals surface area contributed by atoms with Crippen LogP contribution in [0, 0.1) is 0 Å². The average Bonchev–Trinajstić information content (AvgIpc) is 3.01. The molecule has 0 fully saturated rings. The van der Waals surface area contributed by atoms with Gasteiger partial charge in [-0.1, -0.05) is 174 Å². The molecule has 0 aliphatic heterocycles. The Morgan fingerprint density at radius 1 is 0.500 bits per heavy atom. The number of carbonyl (C=O) groups is 2. The lowest BCUT2D eigenvalue weighted by molar-refractivity contribution is -0.135. The van der Waals surface area contributed by atoms with Crippen molar-refractivity contribution >= 4 is 11.9 Å². The van der Waals surface area contributed by atoms with Gasteiger partial charge in [-0.2, -0.15) is 0 Å². The number of hydrogen-bond donors (Lipinski definition) is 3. The van der Waals surface area contributed by atoms with E-state index in [1.165, 1.54) is 173 Å². The molecule has 0 unspecified atom stereocenters. The number of rotatable bonds is 34. The fourth-order valence-corrected chi connectivity index (χ4v) is 5.50. The predicted molar refractivity (Wildman–Crippen MR) is 194 cm³/mol. The molecule has 0 aromatic rings. The molecule has 0 aliphatic carbocycles. The lowest BCUT2D eigenvalue weighted by Gasteiger charge is -2.06. The highest BCUT2D eigenvalue weighted by atomic mass is 16.4. The predicted octanol–water partition coefficient (Wildman–Crippen LogP) is 11.7. The van der Waals surface area contributed by atoms with Gasteiger partial charge in [0.1, 0.15) is 0 Å². The number of allylic oxidation sites excluding steroid dienone is 2. The van der Waals surface area contributed by atoms with E-state index in [-0.39, 0.29) is 12.5 Å². The van der Waals surface area contributed by atoms with Crippen LogP contribution in [0.25, 0.3) is 0 Å². The van der Waals surface area contributed by atoms with E-state index < -0.39 is 5.97 Å². The van der Waals surface area contributed by atoms with Gasteiger partial charge in [0.2, 0.25) is 5.91 Å². The molecule has 0 heterocycles. The lowest BCUT2D eigenvalue weighted by Crippen LogP contribution is -2.23. The van der Waals surface area contributed by atoms with Gasteiger partial charge in [-0.05, 0) is 45.6 Å². The van der Waals surface area contributed by atoms with Crippen molar-refractivity contribution in [1.29, 1.82) is 0 Å². The summed E-state index contributed by atoms with van der Waals surface area (Å²) >= 11 is 0. The molecule has 0 atom stereocenters. The number of nitrogens with one attached hydrogen (secondary N) is 2. The van der Waals surface area contributed by atoms with Crippen LogP contribution >= 0.6 is 0 Å². The fraction of sp³-hybridized carbons (Fsp3) is 0.897. The molecule has 0 radical (unpaired) electrons. The first-order chi connectivity index (χ1) is 21.6. The third-order valence-corrected chi connectivity index (χ3v) is 8.35. The number of hydrogen-bond acceptors (Lipinski definition) is 3. The molecule has 0 aromatic carbocycles. The topological polar surface area (TPSA) is 78.4 Å². The number of amides is 1. The molecule has 0 bridgehead atoms. The summed E-state index contributed by atoms with van der Waals surface area (Å²) in [6.45, 7) is 5.49. The van der Waals surface area contributed by atoms with Crippen LogP contribution < -0.4 is 10.6 Å². The monoisotopic (exact) mass is 623 g/mol. The molecule has 5 heteroatoms. The summed E-state index contributed by atoms with van der Waals surface area (Å²) in [6.07, 6.45) is 44.8. The van der Waals surface area contributed by atoms with E-state index in [1.54, 1.807) is 7.05 Å². The first kappa shape index (κ1) is 44.8. The van der Waals surface area contributed by atoms with Crippen molar-refractivity contribution < 1.29 is 14.7 Å². The van der Waals surface area contributed by atoms with Crippen LogP contribution in [0.4, 0.5) is 0 Å². The largest absolute Gasteiger partial charge is 0.480 e. The Bertz CT molecular complexity index is 594. The number of carboxylic acids is 1. The Labute approximate surface area is 275 Å². The number of likely N-dealkylation sites (N-methyl/N-ethyl adjacent to an activating group) is 1. The van der Waals surface area contributed by atoms with Gasteiger partial charge in [-0.3, -0.25) is 9.59 Å². The third-order valence-electron chi connectivity index (χ3n) is 8.35. The van der Waals surface area contributed by atoms with Crippen LogP contribution in [0.1, 0.15) is 206 Å². The lowest BCUT2D eigenvalue weighted by atomic mass is 10.0. The quantitative estimate of drug-likeness (QED) is 0.0493. The Morgan fingerprint density at radius 2 is 0.841 bits per heavy atom. The fourth-order valence-electron chi connectivity index (χ4n) is 5.50. The van der Waals surface area contributed by atoms with Crippen molar-refractivity contribution in [3.05, 3.63) is 12.2 Å². The normalized spacial score (nSPS) is 11.1. The van der Waals surface area contributed by atoms with Crippen LogP contribution in [0.2, 0.25) is 0 Å². The number of unbranched alkanes of at least 4 members (excludes halogenated alkanes) is 26. The van der Waals surface area contributed by atoms with E-state index in [0.717, 1.165) is 25.8 Å². The smallest absolute Gasteiger partial charge is 0.317 e. The van der Waals surface area contributed by atoms with E-state index >= 15 is 0 Å². The minimum atomic E-state index is -0.822. The molecule has 1 amide bonds. The van der Waals surface area contributed by atoms with Gasteiger partial charge in [0.25, 0.3) is 0 Å². The van der Waals surface area contributed by atoms with Crippen LogP contribution in [0.15, 0.2) is 12.2 Å². The molecule has 0 aromatic heterocycles. The van der Waals surface area contributed by atoms with Gasteiger partial charge in [0, 0.05) is 13.0 Å². The summed E-state index contributed by atoms with van der Waals surface area (Å²) in [5, 5.41) is 13.5. The van der Waals surface area contributed by atoms with Gasteiger partial charge in [-0.15, -0.1) is 0 Å². The zero-order chi connectivity index (χ0) is 32.6. The summed E-state index contributed by atoms with van der Waals surface area (Å²) in [7, 11) is 1.59. The molecular formula is C39H78N2O3. The van der Waals surface area contributed by atoms with Gasteiger partial charge < -0.3 is 15.7 Å². The Balaban J connectivity index is 0. The van der Waals surface area contributed by atoms with E-state index in [9.17, 15) is 9.59 Å². The highest BCUT2D eigenvalue weighted by molar-refractivity contribution is 5.75. The summed E-state index contributed by atoms with van der Waals surface area (Å²) in [4.78, 5) is 21.6. The average molecular weight is 623 g/mol. The SMILES string of the molecule is CCCCCCCC/C=C\CCCCCCCC(=O)NCCCCCCCCCCCCCCCCCC.CNCC(=O)O. The Kier molecular flexibility index (Phi) is 42.4. The van der Waals surface area contributed by atoms with Crippen molar-refractivity contribution in [2.45, 2.75) is 206 Å². The minimum Gasteiger partial charge on any atom is -0.480 e. The zero-order valence-corrected chi connectivity index (χ0v) is 30.0. The van der Waals surface area contributed by atoms with Crippen molar-refractivity contribution in [2.75, 3.05) is 20.1 Å². The van der Waals surface area contributed by atoms with Crippen molar-refractivity contribution in [3.8, 4) is 0 Å². The second-order valence-corrected chi connectivity index (χ2v) is 12.9. The second kappa shape index (κ2) is 41.6. The molecule has 262 valence electrons. The van der Waals surface area contributed by atoms with Gasteiger partial charge in [0.15, 0.2) is 0 Å². The minimum absolute atomic E-state index is 0.0417. The maximum Gasteiger partial charge on any atom is 0.317 e. The van der Waals surface area contributed by atoms with Crippen molar-refractivity contribution in [3.63, 3.8) is 0 Å². The first-order valence-corrected chi connectivity index (χ1v) is 19.4. The van der Waals surface area contributed by atoms with Crippen LogP contribution in [-0.2, 0) is 9.59 Å². The zero-order valence-electron chi connectivity index (χ0n) is 30.0. The molecular weight excluding hydrogens is 544 g/mol. The van der Waals surface area contributed by atoms with Crippen molar-refractivity contribution in [1.82, 2.24) is 10.6 Å². The molecule has 0 rings (SSSR count). The van der Waals surface area contributed by atoms with Gasteiger partial charge >= 0.3 is 5.97 Å². The molecule has 0 aliphatic rings. The highest BCUT2D eigenvalue weighted by Crippen LogP contribution is 2.14. The maximum absolute atomic E-state index is 12.0. The summed E-state index contributed by atoms with van der Waals surface area (Å²) < 4.78 is 0. The molecule has 0 spiro atoms. The molecule has 5 nitrogen and oxygen atoms in total. The summed E-state index contributed by atoms with van der Waals surface area (Å²) in [5.74, 6) is -0.555. The number of carboxylic acid groups (broad SMARTS) is 1. The molecule has 0 saturated carbocycles. The molecule has 0 saturated heterocycles. The summed E-state index contributed by atoms with van der Waals surface area (Å²) in [6, 6.07) is 0. The first-order valence-electron chi connectivity index (χ1n) is 19.4. The van der Waals surface area contributed by atoms with Crippen molar-refractivity contribution in [2.24, 2.45) is 0 Å². The standard InChI is InChI=1S/C36H71NO.C3H7NO2/c1-3-5-7-9-11-13-15-17-19-21-23-25-27-29-31-33-35-37-36(38)34-32-30-28-26-24-22-20-18-16-14-12-10-8-6-4-2;1-4-2-3(5)6/h18,20H,3-17,19,21-35H2,1-2H3,(H,37,38);4H,2H2,1H3,(H,5,6)/b20-18-;. The molecule has 44 heavy (non-hydrogen) atoms. The highest BCUT2D eigenvalue weighted by Gasteiger charge is 2.01. The second-order valence-electron chi connectivity index (χ2n) is 12.9. The van der Waals surface area contributed by atoms with Crippen LogP contribution in [0.3, 0.4) is 0 Å². The van der Waals surface area contributed by atoms with Crippen LogP contribution in [0.5, 0.6) is 0 Å². The van der Waals surface area contributed by atoms with E-state index in [2.05, 4.69) is 36.6 Å². The van der Waals surface area contributed by atoms with E-state index in [0.29, 0.717) is 0 Å². The van der Waals surface area contributed by atoms with Gasteiger partial charge in [-0.25, -0.2) is 0 Å². The van der Waals surface area contributed by atoms with Crippen LogP contribution in [-0.4, -0.2) is 37.1 Å². The molecule has 3 N–H and O–H groups in total. The summed E-state index contributed by atoms with van der Waals surface area (Å²) in [5.41, 5.74) is 0. The Hall–Kier alpha value is -1.36. The third kappa shape index (κ3) is 45.1. The van der Waals surface area contributed by atoms with Gasteiger partial charge in [0.05, 0.1) is 6.54 Å².